The molecule has 0 saturated heterocycles. The Hall–Kier alpha value is -4.90. The van der Waals surface area contributed by atoms with E-state index in [1.54, 1.807) is 19.1 Å². The fourth-order valence-corrected chi connectivity index (χ4v) is 5.71. The number of hydrogen-bond donors (Lipinski definition) is 2. The molecule has 1 heterocycles. The van der Waals surface area contributed by atoms with Crippen molar-refractivity contribution in [2.45, 2.75) is 38.6 Å². The van der Waals surface area contributed by atoms with Crippen LogP contribution in [0.4, 0.5) is 0 Å². The third-order valence-electron chi connectivity index (χ3n) is 8.01. The van der Waals surface area contributed by atoms with E-state index in [2.05, 4.69) is 0 Å². The zero-order valence-electron chi connectivity index (χ0n) is 25.2. The lowest BCUT2D eigenvalue weighted by molar-refractivity contribution is -0.182. The van der Waals surface area contributed by atoms with Crippen molar-refractivity contribution in [1.29, 1.82) is 0 Å². The van der Waals surface area contributed by atoms with Crippen LogP contribution in [-0.4, -0.2) is 55.9 Å². The van der Waals surface area contributed by atoms with E-state index in [1.807, 2.05) is 30.3 Å². The van der Waals surface area contributed by atoms with E-state index in [-0.39, 0.29) is 46.5 Å². The van der Waals surface area contributed by atoms with Gasteiger partial charge in [0.1, 0.15) is 11.7 Å². The van der Waals surface area contributed by atoms with Gasteiger partial charge in [-0.2, -0.15) is 0 Å². The zero-order chi connectivity index (χ0) is 31.8. The predicted octanol–water partition coefficient (Wildman–Crippen LogP) is 5.12. The van der Waals surface area contributed by atoms with Gasteiger partial charge in [-0.1, -0.05) is 37.3 Å². The van der Waals surface area contributed by atoms with Crippen molar-refractivity contribution >= 4 is 18.0 Å². The summed E-state index contributed by atoms with van der Waals surface area (Å²) >= 11 is 0. The largest absolute Gasteiger partial charge is 0.504 e. The summed E-state index contributed by atoms with van der Waals surface area (Å²) in [6, 6.07) is 12.3. The number of aliphatic hydroxyl groups is 1. The molecule has 0 spiro atoms. The number of benzene rings is 3. The second kappa shape index (κ2) is 12.0. The topological polar surface area (TPSA) is 139 Å². The van der Waals surface area contributed by atoms with Gasteiger partial charge in [0.2, 0.25) is 18.3 Å². The summed E-state index contributed by atoms with van der Waals surface area (Å²) in [6.07, 6.45) is 0.340. The van der Waals surface area contributed by atoms with E-state index in [0.717, 1.165) is 5.56 Å². The number of carbonyl (C=O) groups is 2. The van der Waals surface area contributed by atoms with E-state index in [0.29, 0.717) is 11.3 Å². The first kappa shape index (κ1) is 30.6. The monoisotopic (exact) mass is 606 g/mol. The van der Waals surface area contributed by atoms with Gasteiger partial charge in [-0.15, -0.1) is 0 Å². The molecule has 232 valence electrons. The van der Waals surface area contributed by atoms with Crippen LogP contribution in [-0.2, 0) is 19.1 Å². The van der Waals surface area contributed by atoms with E-state index < -0.39 is 41.4 Å². The number of phenols is 1. The molecular weight excluding hydrogens is 572 g/mol. The van der Waals surface area contributed by atoms with Crippen LogP contribution in [0.25, 0.3) is 17.2 Å². The fraction of sp³-hybridized carbons (Fsp3) is 0.333. The minimum absolute atomic E-state index is 0.0221. The average Bonchev–Trinajstić information content (AvgIpc) is 3.48. The van der Waals surface area contributed by atoms with Crippen LogP contribution in [0.3, 0.4) is 0 Å². The molecule has 3 aromatic carbocycles. The molecule has 0 radical (unpaired) electrons. The lowest BCUT2D eigenvalue weighted by atomic mass is 9.71. The van der Waals surface area contributed by atoms with Crippen LogP contribution < -0.4 is 23.7 Å². The number of esters is 2. The van der Waals surface area contributed by atoms with Crippen molar-refractivity contribution < 1.29 is 53.0 Å². The molecule has 5 rings (SSSR count). The summed E-state index contributed by atoms with van der Waals surface area (Å²) in [5, 5.41) is 24.0. The normalized spacial score (nSPS) is 21.8. The van der Waals surface area contributed by atoms with Crippen molar-refractivity contribution in [1.82, 2.24) is 0 Å². The molecule has 0 saturated carbocycles. The van der Waals surface area contributed by atoms with Crippen molar-refractivity contribution in [2.75, 3.05) is 28.1 Å². The van der Waals surface area contributed by atoms with Gasteiger partial charge in [-0.3, -0.25) is 4.79 Å². The molecule has 11 heteroatoms. The van der Waals surface area contributed by atoms with Crippen molar-refractivity contribution in [3.63, 3.8) is 0 Å². The SMILES string of the molecule is COc1cc2c(c(O)c1OC)-c1c(cc3c(c1OC)OCO3)[C@@H](OC(=O)/C=C/c1ccccc1)[C@@H](C)[C@](C)(O)[C@@H]2OC(C)=O. The number of hydrogen-bond acceptors (Lipinski definition) is 11. The molecule has 0 unspecified atom stereocenters. The molecule has 0 bridgehead atoms. The van der Waals surface area contributed by atoms with E-state index in [1.165, 1.54) is 47.3 Å². The van der Waals surface area contributed by atoms with Gasteiger partial charge in [-0.05, 0) is 30.7 Å². The zero-order valence-corrected chi connectivity index (χ0v) is 25.2. The van der Waals surface area contributed by atoms with Crippen LogP contribution in [0.5, 0.6) is 34.5 Å². The minimum Gasteiger partial charge on any atom is -0.504 e. The first-order chi connectivity index (χ1) is 21.0. The molecule has 11 nitrogen and oxygen atoms in total. The Bertz CT molecular complexity index is 1610. The highest BCUT2D eigenvalue weighted by Crippen LogP contribution is 2.61. The maximum atomic E-state index is 13.3. The lowest BCUT2D eigenvalue weighted by Crippen LogP contribution is -2.46. The second-order valence-corrected chi connectivity index (χ2v) is 10.6. The highest BCUT2D eigenvalue weighted by molar-refractivity contribution is 5.90. The second-order valence-electron chi connectivity index (χ2n) is 10.6. The van der Waals surface area contributed by atoms with Gasteiger partial charge in [0, 0.05) is 41.2 Å². The van der Waals surface area contributed by atoms with E-state index in [4.69, 9.17) is 33.2 Å². The highest BCUT2D eigenvalue weighted by Gasteiger charge is 2.51. The Labute approximate surface area is 254 Å². The third-order valence-corrected chi connectivity index (χ3v) is 8.01. The van der Waals surface area contributed by atoms with E-state index in [9.17, 15) is 19.8 Å². The first-order valence-corrected chi connectivity index (χ1v) is 13.8. The van der Waals surface area contributed by atoms with Gasteiger partial charge < -0.3 is 43.4 Å². The summed E-state index contributed by atoms with van der Waals surface area (Å²) in [4.78, 5) is 25.8. The van der Waals surface area contributed by atoms with Crippen molar-refractivity contribution in [3.8, 4) is 45.6 Å². The molecule has 4 atom stereocenters. The lowest BCUT2D eigenvalue weighted by Gasteiger charge is -2.43. The number of fused-ring (bicyclic) bond motifs is 4. The molecule has 2 aliphatic rings. The summed E-state index contributed by atoms with van der Waals surface area (Å²) < 4.78 is 40.1. The number of methoxy groups -OCH3 is 3. The van der Waals surface area contributed by atoms with Gasteiger partial charge in [-0.25, -0.2) is 4.79 Å². The summed E-state index contributed by atoms with van der Waals surface area (Å²) in [7, 11) is 4.16. The number of ether oxygens (including phenoxy) is 7. The highest BCUT2D eigenvalue weighted by atomic mass is 16.7. The third kappa shape index (κ3) is 5.24. The number of aromatic hydroxyl groups is 1. The van der Waals surface area contributed by atoms with Crippen molar-refractivity contribution in [3.05, 3.63) is 65.2 Å². The molecule has 1 aliphatic heterocycles. The Morgan fingerprint density at radius 3 is 2.30 bits per heavy atom. The van der Waals surface area contributed by atoms with Crippen molar-refractivity contribution in [2.24, 2.45) is 5.92 Å². The molecule has 2 N–H and O–H groups in total. The molecule has 1 aliphatic carbocycles. The standard InChI is InChI=1S/C33H34O11/c1-17-28(44-24(35)13-12-19-10-8-7-9-11-19)20-14-23-30(42-16-41-23)31(40-6)26(20)25-21(32(33(17,3)37)43-18(2)34)15-22(38-4)29(39-5)27(25)36/h7-15,17,28,32,36-37H,16H2,1-6H3/b13-12+/t17-,28+,32-,33+/m1/s1. The summed E-state index contributed by atoms with van der Waals surface area (Å²) in [6.45, 7) is 4.24. The number of rotatable bonds is 7. The van der Waals surface area contributed by atoms with Crippen LogP contribution in [0.2, 0.25) is 0 Å². The molecular formula is C33H34O11. The Morgan fingerprint density at radius 2 is 1.66 bits per heavy atom. The molecule has 3 aromatic rings. The summed E-state index contributed by atoms with van der Waals surface area (Å²) in [5.74, 6) is -1.87. The average molecular weight is 607 g/mol. The Kier molecular flexibility index (Phi) is 8.33. The molecule has 0 aromatic heterocycles. The Balaban J connectivity index is 1.83. The number of phenolic OH excluding ortho intramolecular Hbond substituents is 1. The maximum absolute atomic E-state index is 13.3. The fourth-order valence-electron chi connectivity index (χ4n) is 5.71. The quantitative estimate of drug-likeness (QED) is 0.274. The van der Waals surface area contributed by atoms with Gasteiger partial charge in [0.15, 0.2) is 29.1 Å². The maximum Gasteiger partial charge on any atom is 0.331 e. The molecule has 0 fully saturated rings. The van der Waals surface area contributed by atoms with Gasteiger partial charge in [0.05, 0.1) is 21.3 Å². The van der Waals surface area contributed by atoms with Crippen LogP contribution in [0.15, 0.2) is 48.5 Å². The first-order valence-electron chi connectivity index (χ1n) is 13.8. The smallest absolute Gasteiger partial charge is 0.331 e. The molecule has 0 amide bonds. The Morgan fingerprint density at radius 1 is 0.955 bits per heavy atom. The minimum atomic E-state index is -1.87. The van der Waals surface area contributed by atoms with E-state index >= 15 is 0 Å². The predicted molar refractivity (Wildman–Crippen MR) is 158 cm³/mol. The van der Waals surface area contributed by atoms with Gasteiger partial charge in [0.25, 0.3) is 0 Å². The summed E-state index contributed by atoms with van der Waals surface area (Å²) in [5.41, 5.74) is -0.212. The van der Waals surface area contributed by atoms with Crippen LogP contribution in [0.1, 0.15) is 49.7 Å². The van der Waals surface area contributed by atoms with Gasteiger partial charge >= 0.3 is 11.9 Å². The molecule has 44 heavy (non-hydrogen) atoms. The van der Waals surface area contributed by atoms with Crippen LogP contribution >= 0.6 is 0 Å². The number of carbonyl (C=O) groups excluding carboxylic acids is 2. The van der Waals surface area contributed by atoms with Crippen LogP contribution in [0, 0.1) is 5.92 Å².